The first kappa shape index (κ1) is 6.35. The van der Waals surface area contributed by atoms with E-state index in [1.54, 1.807) is 6.92 Å². The summed E-state index contributed by atoms with van der Waals surface area (Å²) in [5.41, 5.74) is 5.35. The molecule has 0 aromatic rings. The first-order chi connectivity index (χ1) is 3.54. The number of aliphatic hydroxyl groups excluding tert-OH is 1. The second-order valence-corrected chi connectivity index (χ2v) is 2.98. The average Bonchev–Trinajstić information content (AvgIpc) is 1.65. The summed E-state index contributed by atoms with van der Waals surface area (Å²) in [5, 5.41) is 8.66. The lowest BCUT2D eigenvalue weighted by Crippen LogP contribution is -2.64. The second-order valence-electron chi connectivity index (χ2n) is 2.09. The predicted molar refractivity (Wildman–Crippen MR) is 32.5 cm³/mol. The van der Waals surface area contributed by atoms with Gasteiger partial charge < -0.3 is 15.6 Å². The van der Waals surface area contributed by atoms with E-state index in [1.807, 2.05) is 0 Å². The van der Waals surface area contributed by atoms with Crippen LogP contribution in [0.2, 0.25) is 0 Å². The fourth-order valence-electron chi connectivity index (χ4n) is 0.589. The highest BCUT2D eigenvalue weighted by Crippen LogP contribution is 2.32. The highest BCUT2D eigenvalue weighted by Gasteiger charge is 2.46. The van der Waals surface area contributed by atoms with Crippen molar-refractivity contribution in [2.75, 3.05) is 0 Å². The van der Waals surface area contributed by atoms with Crippen molar-refractivity contribution in [2.45, 2.75) is 24.2 Å². The lowest BCUT2D eigenvalue weighted by molar-refractivity contribution is -0.256. The van der Waals surface area contributed by atoms with Gasteiger partial charge in [0.05, 0.1) is 6.04 Å². The Hall–Kier alpha value is 0.230. The van der Waals surface area contributed by atoms with Crippen LogP contribution in [0.3, 0.4) is 0 Å². The van der Waals surface area contributed by atoms with Crippen LogP contribution in [0, 0.1) is 0 Å². The van der Waals surface area contributed by atoms with Gasteiger partial charge in [-0.3, -0.25) is 0 Å². The molecule has 3 N–H and O–H groups in total. The van der Waals surface area contributed by atoms with Crippen molar-refractivity contribution in [3.63, 3.8) is 0 Å². The van der Waals surface area contributed by atoms with Crippen molar-refractivity contribution < 1.29 is 9.84 Å². The topological polar surface area (TPSA) is 55.5 Å². The van der Waals surface area contributed by atoms with E-state index in [9.17, 15) is 0 Å². The molecule has 1 aliphatic heterocycles. The van der Waals surface area contributed by atoms with Crippen LogP contribution >= 0.6 is 12.6 Å². The van der Waals surface area contributed by atoms with Gasteiger partial charge in [0.15, 0.2) is 6.29 Å². The molecule has 3 nitrogen and oxygen atoms in total. The minimum atomic E-state index is -0.822. The van der Waals surface area contributed by atoms with Gasteiger partial charge in [-0.1, -0.05) is 0 Å². The SMILES string of the molecule is CC1(S)OC(O)C1N. The van der Waals surface area contributed by atoms with Crippen LogP contribution in [-0.2, 0) is 4.74 Å². The van der Waals surface area contributed by atoms with E-state index in [0.29, 0.717) is 0 Å². The Kier molecular flexibility index (Phi) is 1.27. The number of nitrogens with two attached hydrogens (primary N) is 1. The zero-order valence-electron chi connectivity index (χ0n) is 4.53. The zero-order chi connectivity index (χ0) is 6.36. The van der Waals surface area contributed by atoms with E-state index in [0.717, 1.165) is 0 Å². The van der Waals surface area contributed by atoms with Crippen molar-refractivity contribution >= 4 is 12.6 Å². The molecule has 0 radical (unpaired) electrons. The molecule has 8 heavy (non-hydrogen) atoms. The Morgan fingerprint density at radius 2 is 2.38 bits per heavy atom. The van der Waals surface area contributed by atoms with Gasteiger partial charge in [0, 0.05) is 0 Å². The summed E-state index contributed by atoms with van der Waals surface area (Å²) in [5.74, 6) is 0. The normalized spacial score (nSPS) is 55.5. The van der Waals surface area contributed by atoms with Crippen LogP contribution < -0.4 is 5.73 Å². The predicted octanol–water partition coefficient (Wildman–Crippen LogP) is -0.692. The Bertz CT molecular complexity index is 106. The number of ether oxygens (including phenoxy) is 1. The number of rotatable bonds is 0. The number of hydrogen-bond acceptors (Lipinski definition) is 4. The first-order valence-corrected chi connectivity index (χ1v) is 2.82. The molecule has 1 aliphatic rings. The molecule has 0 spiro atoms. The number of hydrogen-bond donors (Lipinski definition) is 3. The molecule has 1 heterocycles. The fourth-order valence-corrected chi connectivity index (χ4v) is 0.824. The van der Waals surface area contributed by atoms with Crippen LogP contribution in [0.1, 0.15) is 6.92 Å². The maximum absolute atomic E-state index is 8.66. The summed E-state index contributed by atoms with van der Waals surface area (Å²) in [7, 11) is 0. The Balaban J connectivity index is 2.47. The van der Waals surface area contributed by atoms with Gasteiger partial charge in [-0.15, -0.1) is 12.6 Å². The molecule has 3 atom stereocenters. The van der Waals surface area contributed by atoms with Crippen LogP contribution in [-0.4, -0.2) is 22.4 Å². The summed E-state index contributed by atoms with van der Waals surface area (Å²) in [6.45, 7) is 1.72. The Morgan fingerprint density at radius 3 is 2.38 bits per heavy atom. The van der Waals surface area contributed by atoms with Crippen molar-refractivity contribution in [3.8, 4) is 0 Å². The molecular formula is C4H9NO2S. The molecule has 1 rings (SSSR count). The van der Waals surface area contributed by atoms with Gasteiger partial charge in [-0.25, -0.2) is 0 Å². The molecule has 0 aliphatic carbocycles. The second kappa shape index (κ2) is 1.60. The molecule has 4 heteroatoms. The molecule has 0 aromatic heterocycles. The number of thiol groups is 1. The van der Waals surface area contributed by atoms with E-state index < -0.39 is 11.2 Å². The van der Waals surface area contributed by atoms with Gasteiger partial charge in [-0.2, -0.15) is 0 Å². The maximum atomic E-state index is 8.66. The summed E-state index contributed by atoms with van der Waals surface area (Å²) >= 11 is 3.99. The monoisotopic (exact) mass is 135 g/mol. The van der Waals surface area contributed by atoms with Crippen LogP contribution in [0.15, 0.2) is 0 Å². The fraction of sp³-hybridized carbons (Fsp3) is 1.00. The lowest BCUT2D eigenvalue weighted by Gasteiger charge is -2.44. The zero-order valence-corrected chi connectivity index (χ0v) is 5.43. The molecule has 0 saturated carbocycles. The highest BCUT2D eigenvalue weighted by atomic mass is 32.1. The molecule has 0 bridgehead atoms. The van der Waals surface area contributed by atoms with E-state index in [4.69, 9.17) is 15.6 Å². The third-order valence-electron chi connectivity index (χ3n) is 1.29. The van der Waals surface area contributed by atoms with Crippen molar-refractivity contribution in [3.05, 3.63) is 0 Å². The largest absolute Gasteiger partial charge is 0.366 e. The number of aliphatic hydroxyl groups is 1. The Labute approximate surface area is 53.2 Å². The van der Waals surface area contributed by atoms with Crippen molar-refractivity contribution in [1.29, 1.82) is 0 Å². The minimum Gasteiger partial charge on any atom is -0.366 e. The van der Waals surface area contributed by atoms with Crippen molar-refractivity contribution in [1.82, 2.24) is 0 Å². The lowest BCUT2D eigenvalue weighted by atomic mass is 10.1. The first-order valence-electron chi connectivity index (χ1n) is 2.38. The van der Waals surface area contributed by atoms with E-state index in [2.05, 4.69) is 12.6 Å². The molecule has 1 saturated heterocycles. The Morgan fingerprint density at radius 1 is 1.88 bits per heavy atom. The van der Waals surface area contributed by atoms with E-state index in [-0.39, 0.29) is 6.04 Å². The van der Waals surface area contributed by atoms with Gasteiger partial charge >= 0.3 is 0 Å². The summed E-state index contributed by atoms with van der Waals surface area (Å²) in [6.07, 6.45) is -0.822. The highest BCUT2D eigenvalue weighted by molar-refractivity contribution is 7.81. The van der Waals surface area contributed by atoms with Crippen LogP contribution in [0.25, 0.3) is 0 Å². The van der Waals surface area contributed by atoms with Gasteiger partial charge in [0.2, 0.25) is 0 Å². The third kappa shape index (κ3) is 0.735. The third-order valence-corrected chi connectivity index (χ3v) is 1.69. The van der Waals surface area contributed by atoms with E-state index in [1.165, 1.54) is 0 Å². The smallest absolute Gasteiger partial charge is 0.175 e. The maximum Gasteiger partial charge on any atom is 0.175 e. The van der Waals surface area contributed by atoms with Crippen molar-refractivity contribution in [2.24, 2.45) is 5.73 Å². The molecule has 0 amide bonds. The minimum absolute atomic E-state index is 0.356. The van der Waals surface area contributed by atoms with Gasteiger partial charge in [0.1, 0.15) is 4.93 Å². The average molecular weight is 135 g/mol. The van der Waals surface area contributed by atoms with Crippen LogP contribution in [0.4, 0.5) is 0 Å². The molecular weight excluding hydrogens is 126 g/mol. The molecule has 1 fully saturated rings. The summed E-state index contributed by atoms with van der Waals surface area (Å²) in [4.78, 5) is -0.626. The molecule has 48 valence electrons. The molecule has 0 aromatic carbocycles. The molecule has 3 unspecified atom stereocenters. The summed E-state index contributed by atoms with van der Waals surface area (Å²) in [6, 6.07) is -0.356. The quantitative estimate of drug-likeness (QED) is 0.385. The summed E-state index contributed by atoms with van der Waals surface area (Å²) < 4.78 is 4.73. The standard InChI is InChI=1S/C4H9NO2S/c1-4(8)2(5)3(6)7-4/h2-3,6,8H,5H2,1H3. The van der Waals surface area contributed by atoms with Gasteiger partial charge in [0.25, 0.3) is 0 Å². The van der Waals surface area contributed by atoms with Gasteiger partial charge in [-0.05, 0) is 6.92 Å². The van der Waals surface area contributed by atoms with E-state index >= 15 is 0 Å². The van der Waals surface area contributed by atoms with Crippen LogP contribution in [0.5, 0.6) is 0 Å².